The molecule has 0 aliphatic heterocycles. The van der Waals surface area contributed by atoms with Crippen LogP contribution in [0.5, 0.6) is 11.5 Å². The molecule has 6 rings (SSSR count). The molecule has 238 valence electrons. The lowest BCUT2D eigenvalue weighted by molar-refractivity contribution is 0.0685. The zero-order chi connectivity index (χ0) is 33.2. The Hall–Kier alpha value is -5.39. The average molecular weight is 631 g/mol. The molecule has 0 amide bonds. The van der Waals surface area contributed by atoms with Gasteiger partial charge in [0, 0.05) is 47.3 Å². The largest absolute Gasteiger partial charge is 0.493 e. The molecule has 47 heavy (non-hydrogen) atoms. The van der Waals surface area contributed by atoms with Crippen LogP contribution in [0.4, 0.5) is 0 Å². The molecule has 6 aromatic rings. The molecule has 11 heteroatoms. The number of carbonyl (C=O) groups is 2. The van der Waals surface area contributed by atoms with Gasteiger partial charge in [-0.05, 0) is 54.4 Å². The Labute approximate surface area is 271 Å². The van der Waals surface area contributed by atoms with Gasteiger partial charge in [0.2, 0.25) is 0 Å². The summed E-state index contributed by atoms with van der Waals surface area (Å²) in [7, 11) is 1.82. The second-order valence-electron chi connectivity index (χ2n) is 11.4. The molecule has 0 saturated carbocycles. The number of fused-ring (bicyclic) bond motifs is 2. The second-order valence-corrected chi connectivity index (χ2v) is 11.4. The number of carbonyl (C=O) groups excluding carboxylic acids is 1. The molecule has 10 nitrogen and oxygen atoms in total. The monoisotopic (exact) mass is 631 g/mol. The number of nitrogens with zero attached hydrogens (tertiary/aromatic N) is 3. The van der Waals surface area contributed by atoms with Crippen LogP contribution in [0.25, 0.3) is 32.8 Å². The zero-order valence-electron chi connectivity index (χ0n) is 26.3. The van der Waals surface area contributed by atoms with Crippen molar-refractivity contribution in [2.45, 2.75) is 26.4 Å². The number of benzene rings is 4. The standard InChI is InChI=1S/C36H34BN3O7/c1-22-33(31(38-40(22)3)21-47-25-16-17-30(37(44)45)24(19-25)20-41)29-13-7-12-27-28(35(36(42)43)39(2)34(27)29)14-8-18-46-32-15-6-10-23-9-4-5-11-26(23)32/h4-7,9-13,15-17,19-20,44-45H,8,14,18,21H2,1-3H3,(H,42,43). The molecule has 0 bridgehead atoms. The van der Waals surface area contributed by atoms with Crippen LogP contribution in [0.2, 0.25) is 0 Å². The van der Waals surface area contributed by atoms with E-state index < -0.39 is 13.1 Å². The third kappa shape index (κ3) is 5.98. The smallest absolute Gasteiger partial charge is 0.489 e. The molecule has 0 unspecified atom stereocenters. The van der Waals surface area contributed by atoms with Crippen LogP contribution >= 0.6 is 0 Å². The number of rotatable bonds is 12. The van der Waals surface area contributed by atoms with E-state index >= 15 is 0 Å². The maximum atomic E-state index is 12.6. The van der Waals surface area contributed by atoms with Gasteiger partial charge in [-0.15, -0.1) is 0 Å². The van der Waals surface area contributed by atoms with Gasteiger partial charge in [-0.2, -0.15) is 5.10 Å². The highest BCUT2D eigenvalue weighted by Crippen LogP contribution is 2.38. The average Bonchev–Trinajstić information content (AvgIpc) is 3.52. The highest BCUT2D eigenvalue weighted by atomic mass is 16.5. The number of carboxylic acids is 1. The molecule has 0 saturated heterocycles. The van der Waals surface area contributed by atoms with E-state index in [-0.39, 0.29) is 23.3 Å². The number of aryl methyl sites for hydroxylation is 3. The summed E-state index contributed by atoms with van der Waals surface area (Å²) in [5.74, 6) is 0.158. The quantitative estimate of drug-likeness (QED) is 0.0994. The van der Waals surface area contributed by atoms with E-state index in [1.165, 1.54) is 12.1 Å². The minimum Gasteiger partial charge on any atom is -0.493 e. The van der Waals surface area contributed by atoms with Crippen molar-refractivity contribution in [1.82, 2.24) is 14.3 Å². The molecule has 0 radical (unpaired) electrons. The summed E-state index contributed by atoms with van der Waals surface area (Å²) in [5, 5.41) is 37.1. The Bertz CT molecular complexity index is 2130. The molecule has 0 aliphatic carbocycles. The lowest BCUT2D eigenvalue weighted by Crippen LogP contribution is -2.32. The fraction of sp³-hybridized carbons (Fsp3) is 0.194. The van der Waals surface area contributed by atoms with Crippen molar-refractivity contribution in [3.05, 3.63) is 107 Å². The van der Waals surface area contributed by atoms with Gasteiger partial charge in [-0.1, -0.05) is 60.7 Å². The van der Waals surface area contributed by atoms with Crippen LogP contribution < -0.4 is 14.9 Å². The van der Waals surface area contributed by atoms with E-state index in [0.29, 0.717) is 37.2 Å². The summed E-state index contributed by atoms with van der Waals surface area (Å²) in [6.07, 6.45) is 1.67. The van der Waals surface area contributed by atoms with Crippen LogP contribution in [0.15, 0.2) is 78.9 Å². The number of aromatic carboxylic acids is 1. The number of ether oxygens (including phenoxy) is 2. The molecule has 0 atom stereocenters. The number of hydrogen-bond donors (Lipinski definition) is 3. The van der Waals surface area contributed by atoms with Crippen LogP contribution in [0.3, 0.4) is 0 Å². The van der Waals surface area contributed by atoms with Crippen molar-refractivity contribution < 1.29 is 34.2 Å². The van der Waals surface area contributed by atoms with Crippen LogP contribution in [-0.4, -0.2) is 55.5 Å². The molecule has 2 heterocycles. The number of carboxylic acid groups (broad SMARTS) is 1. The van der Waals surface area contributed by atoms with E-state index in [1.54, 1.807) is 22.4 Å². The predicted octanol–water partition coefficient (Wildman–Crippen LogP) is 4.82. The number of aromatic nitrogens is 3. The molecule has 0 spiro atoms. The second kappa shape index (κ2) is 13.2. The van der Waals surface area contributed by atoms with Crippen molar-refractivity contribution in [3.8, 4) is 22.6 Å². The first kappa shape index (κ1) is 31.6. The minimum atomic E-state index is -1.78. The van der Waals surface area contributed by atoms with E-state index in [2.05, 4.69) is 0 Å². The molecule has 0 fully saturated rings. The summed E-state index contributed by atoms with van der Waals surface area (Å²) < 4.78 is 15.7. The van der Waals surface area contributed by atoms with E-state index in [1.807, 2.05) is 74.6 Å². The van der Waals surface area contributed by atoms with Gasteiger partial charge in [0.15, 0.2) is 0 Å². The van der Waals surface area contributed by atoms with Gasteiger partial charge in [0.1, 0.15) is 35.8 Å². The maximum absolute atomic E-state index is 12.6. The minimum absolute atomic E-state index is 0.0568. The molecule has 2 aromatic heterocycles. The molecular formula is C36H34BN3O7. The molecule has 4 aromatic carbocycles. The van der Waals surface area contributed by atoms with E-state index in [0.717, 1.165) is 49.8 Å². The van der Waals surface area contributed by atoms with Crippen molar-refractivity contribution in [2.24, 2.45) is 14.1 Å². The third-order valence-electron chi connectivity index (χ3n) is 8.61. The van der Waals surface area contributed by atoms with Gasteiger partial charge in [0.05, 0.1) is 12.1 Å². The summed E-state index contributed by atoms with van der Waals surface area (Å²) in [6.45, 7) is 2.43. The normalized spacial score (nSPS) is 11.3. The van der Waals surface area contributed by atoms with Gasteiger partial charge < -0.3 is 29.2 Å². The van der Waals surface area contributed by atoms with Crippen LogP contribution in [-0.2, 0) is 27.1 Å². The van der Waals surface area contributed by atoms with Gasteiger partial charge >= 0.3 is 13.1 Å². The Balaban J connectivity index is 1.31. The van der Waals surface area contributed by atoms with Crippen molar-refractivity contribution in [1.29, 1.82) is 0 Å². The van der Waals surface area contributed by atoms with Gasteiger partial charge in [0.25, 0.3) is 0 Å². The molecular weight excluding hydrogens is 597 g/mol. The Kier molecular flexibility index (Phi) is 8.84. The van der Waals surface area contributed by atoms with Crippen molar-refractivity contribution in [2.75, 3.05) is 6.61 Å². The third-order valence-corrected chi connectivity index (χ3v) is 8.61. The Morgan fingerprint density at radius 3 is 2.47 bits per heavy atom. The Morgan fingerprint density at radius 2 is 1.70 bits per heavy atom. The molecule has 0 aliphatic rings. The first-order chi connectivity index (χ1) is 22.7. The number of hydrogen-bond acceptors (Lipinski definition) is 7. The highest BCUT2D eigenvalue weighted by Gasteiger charge is 2.25. The fourth-order valence-corrected chi connectivity index (χ4v) is 6.33. The number of aldehydes is 1. The fourth-order valence-electron chi connectivity index (χ4n) is 6.33. The highest BCUT2D eigenvalue weighted by molar-refractivity contribution is 6.60. The van der Waals surface area contributed by atoms with Crippen LogP contribution in [0.1, 0.15) is 44.2 Å². The van der Waals surface area contributed by atoms with E-state index in [4.69, 9.17) is 14.6 Å². The van der Waals surface area contributed by atoms with Crippen molar-refractivity contribution in [3.63, 3.8) is 0 Å². The van der Waals surface area contributed by atoms with E-state index in [9.17, 15) is 24.7 Å². The zero-order valence-corrected chi connectivity index (χ0v) is 26.3. The first-order valence-corrected chi connectivity index (χ1v) is 15.2. The number of para-hydroxylation sites is 1. The Morgan fingerprint density at radius 1 is 0.957 bits per heavy atom. The maximum Gasteiger partial charge on any atom is 0.489 e. The summed E-state index contributed by atoms with van der Waals surface area (Å²) >= 11 is 0. The molecule has 3 N–H and O–H groups in total. The van der Waals surface area contributed by atoms with Gasteiger partial charge in [-0.3, -0.25) is 9.48 Å². The topological polar surface area (TPSA) is 136 Å². The lowest BCUT2D eigenvalue weighted by Gasteiger charge is -2.11. The summed E-state index contributed by atoms with van der Waals surface area (Å²) in [6, 6.07) is 24.3. The van der Waals surface area contributed by atoms with Gasteiger partial charge in [-0.25, -0.2) is 4.79 Å². The van der Waals surface area contributed by atoms with Crippen LogP contribution in [0, 0.1) is 6.92 Å². The first-order valence-electron chi connectivity index (χ1n) is 15.2. The SMILES string of the molecule is Cc1c(-c2cccc3c(CCCOc4cccc5ccccc45)c(C(=O)O)n(C)c23)c(COc2ccc(B(O)O)c(C=O)c2)nn1C. The lowest BCUT2D eigenvalue weighted by atomic mass is 9.77. The predicted molar refractivity (Wildman–Crippen MR) is 181 cm³/mol. The summed E-state index contributed by atoms with van der Waals surface area (Å²) in [4.78, 5) is 24.2. The summed E-state index contributed by atoms with van der Waals surface area (Å²) in [5.41, 5.74) is 5.07. The van der Waals surface area contributed by atoms with Crippen molar-refractivity contribution >= 4 is 46.5 Å².